The normalized spacial score (nSPS) is 10.1. The lowest BCUT2D eigenvalue weighted by molar-refractivity contribution is -0.121. The predicted molar refractivity (Wildman–Crippen MR) is 79.5 cm³/mol. The summed E-state index contributed by atoms with van der Waals surface area (Å²) in [6.45, 7) is 4.04. The van der Waals surface area contributed by atoms with Crippen LogP contribution in [0.25, 0.3) is 0 Å². The summed E-state index contributed by atoms with van der Waals surface area (Å²) in [6, 6.07) is 9.38. The molecule has 0 radical (unpaired) electrons. The van der Waals surface area contributed by atoms with Gasteiger partial charge < -0.3 is 0 Å². The summed E-state index contributed by atoms with van der Waals surface area (Å²) in [5.41, 5.74) is 8.10. The van der Waals surface area contributed by atoms with Crippen LogP contribution in [0, 0.1) is 13.8 Å². The van der Waals surface area contributed by atoms with Gasteiger partial charge in [-0.25, -0.2) is 0 Å². The quantitative estimate of drug-likeness (QED) is 0.852. The van der Waals surface area contributed by atoms with Crippen molar-refractivity contribution in [2.75, 3.05) is 0 Å². The largest absolute Gasteiger partial charge is 0.279 e. The van der Waals surface area contributed by atoms with Crippen LogP contribution in [0.5, 0.6) is 0 Å². The van der Waals surface area contributed by atoms with Gasteiger partial charge in [-0.2, -0.15) is 0 Å². The summed E-state index contributed by atoms with van der Waals surface area (Å²) >= 11 is 1.33. The molecule has 104 valence electrons. The van der Waals surface area contributed by atoms with Gasteiger partial charge in [0.05, 0.1) is 11.3 Å². The molecule has 0 aliphatic heterocycles. The molecule has 0 unspecified atom stereocenters. The summed E-state index contributed by atoms with van der Waals surface area (Å²) in [4.78, 5) is 24.0. The molecule has 4 nitrogen and oxygen atoms in total. The second-order valence-corrected chi connectivity index (χ2v) is 5.52. The SMILES string of the molecule is Cc1ccc(CC(=O)NNC(=O)c2cccs2)cc1C. The Hall–Kier alpha value is -2.14. The Balaban J connectivity index is 1.86. The van der Waals surface area contributed by atoms with E-state index in [-0.39, 0.29) is 18.2 Å². The smallest absolute Gasteiger partial charge is 0.273 e. The van der Waals surface area contributed by atoms with Crippen molar-refractivity contribution < 1.29 is 9.59 Å². The molecule has 2 rings (SSSR count). The number of aryl methyl sites for hydroxylation is 2. The molecule has 5 heteroatoms. The van der Waals surface area contributed by atoms with Crippen LogP contribution in [0.2, 0.25) is 0 Å². The van der Waals surface area contributed by atoms with Crippen LogP contribution in [0.4, 0.5) is 0 Å². The highest BCUT2D eigenvalue weighted by molar-refractivity contribution is 7.12. The average molecular weight is 288 g/mol. The fourth-order valence-corrected chi connectivity index (χ4v) is 2.36. The average Bonchev–Trinajstić information content (AvgIpc) is 2.94. The first kappa shape index (κ1) is 14.3. The van der Waals surface area contributed by atoms with E-state index in [1.165, 1.54) is 16.9 Å². The Labute approximate surface area is 121 Å². The van der Waals surface area contributed by atoms with Crippen molar-refractivity contribution in [3.63, 3.8) is 0 Å². The van der Waals surface area contributed by atoms with Crippen molar-refractivity contribution in [2.45, 2.75) is 20.3 Å². The molecule has 20 heavy (non-hydrogen) atoms. The summed E-state index contributed by atoms with van der Waals surface area (Å²) in [5.74, 6) is -0.536. The van der Waals surface area contributed by atoms with E-state index in [4.69, 9.17) is 0 Å². The van der Waals surface area contributed by atoms with Crippen LogP contribution in [0.15, 0.2) is 35.7 Å². The maximum atomic E-state index is 11.8. The van der Waals surface area contributed by atoms with Crippen LogP contribution in [-0.2, 0) is 11.2 Å². The number of hydrogen-bond donors (Lipinski definition) is 2. The number of carbonyl (C=O) groups is 2. The van der Waals surface area contributed by atoms with Crippen molar-refractivity contribution >= 4 is 23.2 Å². The van der Waals surface area contributed by atoms with E-state index in [1.807, 2.05) is 37.4 Å². The minimum Gasteiger partial charge on any atom is -0.273 e. The fraction of sp³-hybridized carbons (Fsp3) is 0.200. The molecular weight excluding hydrogens is 272 g/mol. The molecule has 0 aliphatic rings. The highest BCUT2D eigenvalue weighted by Gasteiger charge is 2.08. The fourth-order valence-electron chi connectivity index (χ4n) is 1.74. The number of amides is 2. The Morgan fingerprint density at radius 1 is 1.10 bits per heavy atom. The number of carbonyl (C=O) groups excluding carboxylic acids is 2. The van der Waals surface area contributed by atoms with Crippen molar-refractivity contribution in [3.05, 3.63) is 57.3 Å². The standard InChI is InChI=1S/C15H16N2O2S/c1-10-5-6-12(8-11(10)2)9-14(18)16-17-15(19)13-4-3-7-20-13/h3-8H,9H2,1-2H3,(H,16,18)(H,17,19). The van der Waals surface area contributed by atoms with Crippen LogP contribution in [-0.4, -0.2) is 11.8 Å². The minimum absolute atomic E-state index is 0.238. The number of benzene rings is 1. The van der Waals surface area contributed by atoms with Gasteiger partial charge in [-0.1, -0.05) is 24.3 Å². The molecule has 0 bridgehead atoms. The number of hydrazine groups is 1. The van der Waals surface area contributed by atoms with Crippen molar-refractivity contribution in [1.82, 2.24) is 10.9 Å². The second-order valence-electron chi connectivity index (χ2n) is 4.57. The van der Waals surface area contributed by atoms with Gasteiger partial charge in [0.15, 0.2) is 0 Å². The molecule has 2 amide bonds. The zero-order chi connectivity index (χ0) is 14.5. The van der Waals surface area contributed by atoms with Crippen molar-refractivity contribution in [1.29, 1.82) is 0 Å². The van der Waals surface area contributed by atoms with Gasteiger partial charge in [0.1, 0.15) is 0 Å². The minimum atomic E-state index is -0.298. The molecule has 0 saturated heterocycles. The van der Waals surface area contributed by atoms with Gasteiger partial charge in [-0.15, -0.1) is 11.3 Å². The third-order valence-corrected chi connectivity index (χ3v) is 3.87. The first-order chi connectivity index (χ1) is 9.56. The first-order valence-corrected chi connectivity index (χ1v) is 7.13. The summed E-state index contributed by atoms with van der Waals surface area (Å²) in [6.07, 6.45) is 0.242. The number of hydrogen-bond acceptors (Lipinski definition) is 3. The van der Waals surface area contributed by atoms with Crippen LogP contribution < -0.4 is 10.9 Å². The van der Waals surface area contributed by atoms with Gasteiger partial charge in [0.2, 0.25) is 5.91 Å². The van der Waals surface area contributed by atoms with E-state index in [1.54, 1.807) is 12.1 Å². The zero-order valence-corrected chi connectivity index (χ0v) is 12.2. The van der Waals surface area contributed by atoms with E-state index in [2.05, 4.69) is 10.9 Å². The summed E-state index contributed by atoms with van der Waals surface area (Å²) < 4.78 is 0. The van der Waals surface area contributed by atoms with Crippen molar-refractivity contribution in [3.8, 4) is 0 Å². The van der Waals surface area contributed by atoms with E-state index in [0.29, 0.717) is 4.88 Å². The molecule has 1 heterocycles. The third-order valence-electron chi connectivity index (χ3n) is 3.00. The van der Waals surface area contributed by atoms with Crippen LogP contribution in [0.3, 0.4) is 0 Å². The molecule has 2 N–H and O–H groups in total. The van der Waals surface area contributed by atoms with Gasteiger partial charge in [-0.05, 0) is 42.0 Å². The highest BCUT2D eigenvalue weighted by Crippen LogP contribution is 2.10. The lowest BCUT2D eigenvalue weighted by Crippen LogP contribution is -2.42. The van der Waals surface area contributed by atoms with Gasteiger partial charge in [-0.3, -0.25) is 20.4 Å². The molecule has 0 aliphatic carbocycles. The van der Waals surface area contributed by atoms with Gasteiger partial charge in [0, 0.05) is 0 Å². The monoisotopic (exact) mass is 288 g/mol. The van der Waals surface area contributed by atoms with Crippen LogP contribution in [0.1, 0.15) is 26.4 Å². The number of rotatable bonds is 3. The summed E-state index contributed by atoms with van der Waals surface area (Å²) in [7, 11) is 0. The topological polar surface area (TPSA) is 58.2 Å². The molecule has 0 atom stereocenters. The predicted octanol–water partition coefficient (Wildman–Crippen LogP) is 2.37. The number of nitrogens with one attached hydrogen (secondary N) is 2. The van der Waals surface area contributed by atoms with Gasteiger partial charge in [0.25, 0.3) is 5.91 Å². The first-order valence-electron chi connectivity index (χ1n) is 6.25. The molecule has 1 aromatic carbocycles. The molecule has 0 spiro atoms. The van der Waals surface area contributed by atoms with E-state index in [0.717, 1.165) is 11.1 Å². The number of thiophene rings is 1. The third kappa shape index (κ3) is 3.68. The van der Waals surface area contributed by atoms with E-state index >= 15 is 0 Å². The lowest BCUT2D eigenvalue weighted by atomic mass is 10.0. The Morgan fingerprint density at radius 2 is 1.90 bits per heavy atom. The molecule has 0 saturated carbocycles. The maximum absolute atomic E-state index is 11.8. The van der Waals surface area contributed by atoms with E-state index in [9.17, 15) is 9.59 Å². The second kappa shape index (κ2) is 6.34. The lowest BCUT2D eigenvalue weighted by Gasteiger charge is -2.07. The molecule has 2 aromatic rings. The Morgan fingerprint density at radius 3 is 2.55 bits per heavy atom. The zero-order valence-electron chi connectivity index (χ0n) is 11.4. The van der Waals surface area contributed by atoms with E-state index < -0.39 is 0 Å². The molecule has 1 aromatic heterocycles. The van der Waals surface area contributed by atoms with Crippen LogP contribution >= 0.6 is 11.3 Å². The Kier molecular flexibility index (Phi) is 4.53. The summed E-state index contributed by atoms with van der Waals surface area (Å²) in [5, 5.41) is 1.81. The maximum Gasteiger partial charge on any atom is 0.279 e. The molecule has 0 fully saturated rings. The molecular formula is C15H16N2O2S. The highest BCUT2D eigenvalue weighted by atomic mass is 32.1. The Bertz CT molecular complexity index is 621. The van der Waals surface area contributed by atoms with Gasteiger partial charge >= 0.3 is 0 Å². The van der Waals surface area contributed by atoms with Crippen molar-refractivity contribution in [2.24, 2.45) is 0 Å².